The standard InChI is InChI=1S/C31H52O4/c1-25(2)22(34)9-11-31-17-30(31)13-12-28(6)24(27(5)10-8-18(15-27)26(3,4)35)20(33)16-29(28,7)21(30)14-19(32)23(25)31/h18-24,32-35H,8-17H2,1-7H3/t18-,19+,20+,21+,22+,23?,24-,27+,28-,29+,30+,31-/m1/s1. The Morgan fingerprint density at radius 2 is 1.40 bits per heavy atom. The average molecular weight is 489 g/mol. The van der Waals surface area contributed by atoms with Crippen molar-refractivity contribution in [1.82, 2.24) is 0 Å². The summed E-state index contributed by atoms with van der Waals surface area (Å²) in [6.45, 7) is 15.7. The third kappa shape index (κ3) is 2.79. The van der Waals surface area contributed by atoms with Gasteiger partial charge in [-0.15, -0.1) is 0 Å². The quantitative estimate of drug-likeness (QED) is 0.425. The summed E-state index contributed by atoms with van der Waals surface area (Å²) in [5.74, 6) is 1.18. The molecule has 6 rings (SSSR count). The van der Waals surface area contributed by atoms with E-state index < -0.39 is 5.60 Å². The molecule has 0 bridgehead atoms. The van der Waals surface area contributed by atoms with Crippen LogP contribution in [0.1, 0.15) is 113 Å². The first-order valence-corrected chi connectivity index (χ1v) is 14.8. The van der Waals surface area contributed by atoms with Crippen LogP contribution in [0.4, 0.5) is 0 Å². The largest absolute Gasteiger partial charge is 0.393 e. The van der Waals surface area contributed by atoms with E-state index in [-0.39, 0.29) is 62.6 Å². The summed E-state index contributed by atoms with van der Waals surface area (Å²) in [6.07, 6.45) is 9.34. The van der Waals surface area contributed by atoms with Crippen molar-refractivity contribution >= 4 is 0 Å². The van der Waals surface area contributed by atoms with E-state index in [1.165, 1.54) is 12.8 Å². The van der Waals surface area contributed by atoms with Crippen LogP contribution in [0.2, 0.25) is 0 Å². The van der Waals surface area contributed by atoms with Gasteiger partial charge in [0.25, 0.3) is 0 Å². The van der Waals surface area contributed by atoms with Gasteiger partial charge < -0.3 is 20.4 Å². The Morgan fingerprint density at radius 1 is 0.714 bits per heavy atom. The fourth-order valence-electron chi connectivity index (χ4n) is 12.9. The van der Waals surface area contributed by atoms with Gasteiger partial charge in [-0.2, -0.15) is 0 Å². The summed E-state index contributed by atoms with van der Waals surface area (Å²) < 4.78 is 0. The summed E-state index contributed by atoms with van der Waals surface area (Å²) in [5.41, 5.74) is -0.335. The number of aliphatic hydroxyl groups is 4. The fourth-order valence-corrected chi connectivity index (χ4v) is 12.9. The Kier molecular flexibility index (Phi) is 4.94. The molecular weight excluding hydrogens is 436 g/mol. The van der Waals surface area contributed by atoms with E-state index in [4.69, 9.17) is 0 Å². The molecule has 0 aromatic carbocycles. The minimum Gasteiger partial charge on any atom is -0.393 e. The first kappa shape index (κ1) is 25.1. The van der Waals surface area contributed by atoms with E-state index >= 15 is 0 Å². The minimum absolute atomic E-state index is 0.0147. The van der Waals surface area contributed by atoms with Gasteiger partial charge in [-0.3, -0.25) is 0 Å². The van der Waals surface area contributed by atoms with Gasteiger partial charge >= 0.3 is 0 Å². The normalized spacial score (nSPS) is 60.9. The van der Waals surface area contributed by atoms with Gasteiger partial charge in [-0.1, -0.05) is 34.6 Å². The number of aliphatic hydroxyl groups excluding tert-OH is 3. The van der Waals surface area contributed by atoms with E-state index in [9.17, 15) is 20.4 Å². The maximum Gasteiger partial charge on any atom is 0.0620 e. The summed E-state index contributed by atoms with van der Waals surface area (Å²) in [4.78, 5) is 0. The SMILES string of the molecule is CC(C)(O)[C@@H]1CC[C@](C)([C@H]2[C@@H](O)C[C@@]3(C)[C@@H]4C[C@H](O)C5C(C)(C)[C@@H](O)CC[C@@]56C[C@@]46CC[C@]23C)C1. The van der Waals surface area contributed by atoms with Crippen LogP contribution < -0.4 is 0 Å². The maximum absolute atomic E-state index is 11.8. The summed E-state index contributed by atoms with van der Waals surface area (Å²) in [7, 11) is 0. The molecule has 6 aliphatic carbocycles. The Morgan fingerprint density at radius 3 is 2.03 bits per heavy atom. The Hall–Kier alpha value is -0.160. The number of fused-ring (bicyclic) bond motifs is 2. The lowest BCUT2D eigenvalue weighted by Gasteiger charge is -2.64. The van der Waals surface area contributed by atoms with Crippen molar-refractivity contribution < 1.29 is 20.4 Å². The molecule has 6 saturated carbocycles. The zero-order chi connectivity index (χ0) is 25.6. The lowest BCUT2D eigenvalue weighted by atomic mass is 9.40. The molecule has 6 fully saturated rings. The molecule has 4 N–H and O–H groups in total. The first-order chi connectivity index (χ1) is 16.0. The van der Waals surface area contributed by atoms with Crippen LogP contribution in [-0.4, -0.2) is 44.3 Å². The predicted molar refractivity (Wildman–Crippen MR) is 137 cm³/mol. The molecule has 1 unspecified atom stereocenters. The van der Waals surface area contributed by atoms with Crippen molar-refractivity contribution in [3.63, 3.8) is 0 Å². The van der Waals surface area contributed by atoms with Gasteiger partial charge in [-0.25, -0.2) is 0 Å². The first-order valence-electron chi connectivity index (χ1n) is 14.8. The van der Waals surface area contributed by atoms with Crippen LogP contribution in [0.3, 0.4) is 0 Å². The lowest BCUT2D eigenvalue weighted by Crippen LogP contribution is -2.61. The van der Waals surface area contributed by atoms with Crippen LogP contribution in [0.25, 0.3) is 0 Å². The molecule has 0 heterocycles. The molecule has 12 atom stereocenters. The van der Waals surface area contributed by atoms with Gasteiger partial charge in [0.2, 0.25) is 0 Å². The van der Waals surface area contributed by atoms with E-state index in [0.717, 1.165) is 51.4 Å². The lowest BCUT2D eigenvalue weighted by molar-refractivity contribution is -0.201. The fraction of sp³-hybridized carbons (Fsp3) is 1.00. The maximum atomic E-state index is 11.8. The highest BCUT2D eigenvalue weighted by Gasteiger charge is 2.84. The van der Waals surface area contributed by atoms with Crippen LogP contribution in [0.5, 0.6) is 0 Å². The second-order valence-electron chi connectivity index (χ2n) is 16.5. The van der Waals surface area contributed by atoms with Gasteiger partial charge in [0.05, 0.1) is 23.9 Å². The summed E-state index contributed by atoms with van der Waals surface area (Å²) in [6, 6.07) is 0. The zero-order valence-corrected chi connectivity index (χ0v) is 23.4. The summed E-state index contributed by atoms with van der Waals surface area (Å²) >= 11 is 0. The summed E-state index contributed by atoms with van der Waals surface area (Å²) in [5, 5.41) is 45.2. The number of rotatable bonds is 2. The monoisotopic (exact) mass is 488 g/mol. The van der Waals surface area contributed by atoms with E-state index in [1.807, 2.05) is 13.8 Å². The van der Waals surface area contributed by atoms with Crippen LogP contribution in [0.15, 0.2) is 0 Å². The van der Waals surface area contributed by atoms with Crippen molar-refractivity contribution in [3.05, 3.63) is 0 Å². The second-order valence-corrected chi connectivity index (χ2v) is 16.5. The molecule has 200 valence electrons. The molecule has 35 heavy (non-hydrogen) atoms. The Balaban J connectivity index is 1.37. The second kappa shape index (κ2) is 6.88. The molecule has 6 aliphatic rings. The van der Waals surface area contributed by atoms with Crippen LogP contribution >= 0.6 is 0 Å². The molecule has 0 aliphatic heterocycles. The van der Waals surface area contributed by atoms with Gasteiger partial charge in [0.15, 0.2) is 0 Å². The van der Waals surface area contributed by atoms with Gasteiger partial charge in [-0.05, 0) is 134 Å². The van der Waals surface area contributed by atoms with Gasteiger partial charge in [0.1, 0.15) is 0 Å². The van der Waals surface area contributed by atoms with Crippen LogP contribution in [0, 0.1) is 56.2 Å². The van der Waals surface area contributed by atoms with Gasteiger partial charge in [0, 0.05) is 0 Å². The van der Waals surface area contributed by atoms with E-state index in [2.05, 4.69) is 34.6 Å². The molecule has 0 aromatic rings. The number of hydrogen-bond donors (Lipinski definition) is 4. The molecular formula is C31H52O4. The molecule has 0 amide bonds. The zero-order valence-electron chi connectivity index (χ0n) is 23.4. The van der Waals surface area contributed by atoms with E-state index in [0.29, 0.717) is 11.8 Å². The topological polar surface area (TPSA) is 80.9 Å². The van der Waals surface area contributed by atoms with Crippen LogP contribution in [-0.2, 0) is 0 Å². The molecule has 0 aromatic heterocycles. The predicted octanol–water partition coefficient (Wildman–Crippen LogP) is 5.31. The molecule has 4 heteroatoms. The Labute approximate surface area is 213 Å². The van der Waals surface area contributed by atoms with Crippen molar-refractivity contribution in [2.24, 2.45) is 56.2 Å². The molecule has 0 saturated heterocycles. The van der Waals surface area contributed by atoms with E-state index in [1.54, 1.807) is 0 Å². The third-order valence-electron chi connectivity index (χ3n) is 14.5. The molecule has 0 radical (unpaired) electrons. The smallest absolute Gasteiger partial charge is 0.0620 e. The minimum atomic E-state index is -0.663. The van der Waals surface area contributed by atoms with Crippen molar-refractivity contribution in [2.45, 2.75) is 137 Å². The molecule has 4 nitrogen and oxygen atoms in total. The van der Waals surface area contributed by atoms with Crippen molar-refractivity contribution in [3.8, 4) is 0 Å². The molecule has 2 spiro atoms. The highest BCUT2D eigenvalue weighted by Crippen LogP contribution is 2.89. The number of hydrogen-bond acceptors (Lipinski definition) is 4. The highest BCUT2D eigenvalue weighted by molar-refractivity contribution is 5.32. The Bertz CT molecular complexity index is 908. The van der Waals surface area contributed by atoms with Crippen molar-refractivity contribution in [2.75, 3.05) is 0 Å². The average Bonchev–Trinajstić information content (AvgIpc) is 3.08. The third-order valence-corrected chi connectivity index (χ3v) is 14.5. The van der Waals surface area contributed by atoms with Crippen molar-refractivity contribution in [1.29, 1.82) is 0 Å². The highest BCUT2D eigenvalue weighted by atomic mass is 16.3.